The van der Waals surface area contributed by atoms with Crippen LogP contribution in [0.25, 0.3) is 0 Å². The van der Waals surface area contributed by atoms with Gasteiger partial charge in [-0.05, 0) is 36.4 Å². The van der Waals surface area contributed by atoms with E-state index in [9.17, 15) is 22.0 Å². The van der Waals surface area contributed by atoms with Gasteiger partial charge in [0, 0.05) is 33.9 Å². The first kappa shape index (κ1) is 23.5. The smallest absolute Gasteiger partial charge is 0.254 e. The largest absolute Gasteiger partial charge is 0.342 e. The molecule has 1 unspecified atom stereocenters. The number of fused-ring (bicyclic) bond motifs is 1. The molecule has 1 aliphatic heterocycles. The highest BCUT2D eigenvalue weighted by Gasteiger charge is 2.40. The molecule has 12 heteroatoms. The van der Waals surface area contributed by atoms with Crippen molar-refractivity contribution in [3.05, 3.63) is 65.9 Å². The van der Waals surface area contributed by atoms with Crippen LogP contribution in [0.3, 0.4) is 0 Å². The predicted molar refractivity (Wildman–Crippen MR) is 124 cm³/mol. The van der Waals surface area contributed by atoms with Gasteiger partial charge in [0.15, 0.2) is 5.82 Å². The number of hydrogen-bond acceptors (Lipinski definition) is 7. The summed E-state index contributed by atoms with van der Waals surface area (Å²) in [5.41, 5.74) is 0.536. The number of sulfonamides is 1. The number of carbonyl (C=O) groups excluding carboxylic acids is 1. The summed E-state index contributed by atoms with van der Waals surface area (Å²) in [7, 11) is 2.34. The number of rotatable bonds is 5. The van der Waals surface area contributed by atoms with E-state index in [1.165, 1.54) is 62.4 Å². The van der Waals surface area contributed by atoms with Crippen molar-refractivity contribution in [2.24, 2.45) is 0 Å². The molecule has 1 N–H and O–H groups in total. The normalized spacial score (nSPS) is 16.1. The van der Waals surface area contributed by atoms with Crippen LogP contribution in [-0.4, -0.2) is 56.8 Å². The number of carbonyl (C=O) groups is 1. The molecule has 1 aliphatic rings. The number of likely N-dealkylation sites (N-methyl/N-ethyl adjacent to an activating group) is 2. The second kappa shape index (κ2) is 8.61. The Balaban J connectivity index is 1.67. The summed E-state index contributed by atoms with van der Waals surface area (Å²) in [6.45, 7) is 0. The maximum absolute atomic E-state index is 14.5. The molecule has 1 atom stereocenters. The van der Waals surface area contributed by atoms with Crippen molar-refractivity contribution in [2.75, 3.05) is 43.3 Å². The number of anilines is 4. The molecule has 2 heterocycles. The summed E-state index contributed by atoms with van der Waals surface area (Å²) in [5.74, 6) is -1.74. The number of hydrogen-bond donors (Lipinski definition) is 1. The van der Waals surface area contributed by atoms with Crippen molar-refractivity contribution in [1.82, 2.24) is 14.3 Å². The highest BCUT2D eigenvalue weighted by Crippen LogP contribution is 2.40. The zero-order valence-corrected chi connectivity index (χ0v) is 19.6. The first-order valence-corrected chi connectivity index (χ1v) is 11.6. The minimum atomic E-state index is -3.57. The maximum Gasteiger partial charge on any atom is 0.254 e. The number of benzene rings is 2. The fourth-order valence-electron chi connectivity index (χ4n) is 3.65. The third-order valence-corrected chi connectivity index (χ3v) is 7.39. The number of aromatic nitrogens is 2. The number of nitrogens with one attached hydrogen (secondary N) is 1. The third kappa shape index (κ3) is 3.94. The molecule has 0 fully saturated rings. The van der Waals surface area contributed by atoms with Crippen LogP contribution < -0.4 is 15.1 Å². The van der Waals surface area contributed by atoms with Gasteiger partial charge in [-0.3, -0.25) is 4.79 Å². The molecule has 34 heavy (non-hydrogen) atoms. The zero-order chi connectivity index (χ0) is 24.8. The van der Waals surface area contributed by atoms with Crippen LogP contribution >= 0.6 is 0 Å². The Morgan fingerprint density at radius 3 is 2.24 bits per heavy atom. The van der Waals surface area contributed by atoms with Gasteiger partial charge in [0.1, 0.15) is 23.4 Å². The Hall–Kier alpha value is -3.64. The van der Waals surface area contributed by atoms with Gasteiger partial charge < -0.3 is 15.1 Å². The van der Waals surface area contributed by atoms with Gasteiger partial charge in [-0.1, -0.05) is 6.07 Å². The van der Waals surface area contributed by atoms with Crippen molar-refractivity contribution >= 4 is 39.1 Å². The number of halogens is 2. The van der Waals surface area contributed by atoms with Crippen molar-refractivity contribution < 1.29 is 22.0 Å². The van der Waals surface area contributed by atoms with E-state index in [2.05, 4.69) is 15.3 Å². The summed E-state index contributed by atoms with van der Waals surface area (Å²) < 4.78 is 54.6. The lowest BCUT2D eigenvalue weighted by molar-refractivity contribution is -0.120. The quantitative estimate of drug-likeness (QED) is 0.590. The molecule has 1 aromatic heterocycles. The zero-order valence-electron chi connectivity index (χ0n) is 18.8. The molecule has 1 amide bonds. The SMILES string of the molecule is CN1C(=O)C(c2c(F)cccc2F)N(C)c2nc(Nc3ccc(S(=O)(=O)N(C)C)cc3)ncc21. The van der Waals surface area contributed by atoms with Gasteiger partial charge >= 0.3 is 0 Å². The van der Waals surface area contributed by atoms with Crippen LogP contribution in [0.4, 0.5) is 31.9 Å². The number of nitrogens with zero attached hydrogens (tertiary/aromatic N) is 5. The van der Waals surface area contributed by atoms with E-state index >= 15 is 0 Å². The van der Waals surface area contributed by atoms with Crippen LogP contribution in [0, 0.1) is 11.6 Å². The fourth-order valence-corrected chi connectivity index (χ4v) is 4.55. The summed E-state index contributed by atoms with van der Waals surface area (Å²) in [6, 6.07) is 8.21. The topological polar surface area (TPSA) is 98.7 Å². The van der Waals surface area contributed by atoms with Gasteiger partial charge in [0.05, 0.1) is 16.7 Å². The predicted octanol–water partition coefficient (Wildman–Crippen LogP) is 2.90. The van der Waals surface area contributed by atoms with Crippen LogP contribution in [0.5, 0.6) is 0 Å². The minimum absolute atomic E-state index is 0.129. The maximum atomic E-state index is 14.5. The van der Waals surface area contributed by atoms with E-state index in [1.54, 1.807) is 12.1 Å². The molecule has 3 aromatic rings. The fraction of sp³-hybridized carbons (Fsp3) is 0.227. The molecular weight excluding hydrogens is 466 g/mol. The number of amides is 1. The lowest BCUT2D eigenvalue weighted by Crippen LogP contribution is -2.46. The van der Waals surface area contributed by atoms with Crippen molar-refractivity contribution in [3.63, 3.8) is 0 Å². The molecule has 4 rings (SSSR count). The second-order valence-electron chi connectivity index (χ2n) is 7.89. The van der Waals surface area contributed by atoms with Gasteiger partial charge in [-0.15, -0.1) is 0 Å². The molecule has 0 radical (unpaired) electrons. The molecule has 0 spiro atoms. The summed E-state index contributed by atoms with van der Waals surface area (Å²) in [6.07, 6.45) is 1.43. The molecule has 178 valence electrons. The minimum Gasteiger partial charge on any atom is -0.342 e. The van der Waals surface area contributed by atoms with Crippen molar-refractivity contribution in [2.45, 2.75) is 10.9 Å². The highest BCUT2D eigenvalue weighted by molar-refractivity contribution is 7.89. The first-order valence-electron chi connectivity index (χ1n) is 10.1. The van der Waals surface area contributed by atoms with E-state index in [0.29, 0.717) is 17.2 Å². The van der Waals surface area contributed by atoms with Crippen LogP contribution in [-0.2, 0) is 14.8 Å². The third-order valence-electron chi connectivity index (χ3n) is 5.56. The van der Waals surface area contributed by atoms with E-state index in [1.807, 2.05) is 0 Å². The summed E-state index contributed by atoms with van der Waals surface area (Å²) in [4.78, 5) is 24.4. The van der Waals surface area contributed by atoms with Gasteiger partial charge in [-0.25, -0.2) is 26.5 Å². The monoisotopic (exact) mass is 488 g/mol. The first-order chi connectivity index (χ1) is 16.0. The average molecular weight is 489 g/mol. The lowest BCUT2D eigenvalue weighted by atomic mass is 10.0. The Bertz CT molecular complexity index is 1350. The molecule has 0 saturated heterocycles. The van der Waals surface area contributed by atoms with Crippen LogP contribution in [0.15, 0.2) is 53.6 Å². The van der Waals surface area contributed by atoms with E-state index in [0.717, 1.165) is 16.4 Å². The van der Waals surface area contributed by atoms with E-state index < -0.39 is 33.6 Å². The Labute approximate surface area is 195 Å². The Morgan fingerprint density at radius 1 is 1.03 bits per heavy atom. The lowest BCUT2D eigenvalue weighted by Gasteiger charge is -2.38. The van der Waals surface area contributed by atoms with Gasteiger partial charge in [0.25, 0.3) is 5.91 Å². The standard InChI is InChI=1S/C22H22F2N6O3S/c1-28(2)34(32,33)14-10-8-13(9-11-14)26-22-25-12-17-20(27-22)30(4)19(21(31)29(17)3)18-15(23)6-5-7-16(18)24/h5-12,19H,1-4H3,(H,25,26,27). The summed E-state index contributed by atoms with van der Waals surface area (Å²) >= 11 is 0. The van der Waals surface area contributed by atoms with Gasteiger partial charge in [0.2, 0.25) is 16.0 Å². The van der Waals surface area contributed by atoms with Gasteiger partial charge in [-0.2, -0.15) is 4.98 Å². The highest BCUT2D eigenvalue weighted by atomic mass is 32.2. The van der Waals surface area contributed by atoms with Crippen molar-refractivity contribution in [3.8, 4) is 0 Å². The molecule has 2 aromatic carbocycles. The van der Waals surface area contributed by atoms with E-state index in [4.69, 9.17) is 0 Å². The molecule has 0 bridgehead atoms. The molecule has 0 saturated carbocycles. The van der Waals surface area contributed by atoms with Crippen molar-refractivity contribution in [1.29, 1.82) is 0 Å². The van der Waals surface area contributed by atoms with E-state index in [-0.39, 0.29) is 16.4 Å². The van der Waals surface area contributed by atoms with Crippen LogP contribution in [0.1, 0.15) is 11.6 Å². The molecular formula is C22H22F2N6O3S. The molecule has 9 nitrogen and oxygen atoms in total. The molecule has 0 aliphatic carbocycles. The Morgan fingerprint density at radius 2 is 1.65 bits per heavy atom. The van der Waals surface area contributed by atoms with Crippen LogP contribution in [0.2, 0.25) is 0 Å². The summed E-state index contributed by atoms with van der Waals surface area (Å²) in [5, 5.41) is 2.98. The average Bonchev–Trinajstić information content (AvgIpc) is 2.80. The second-order valence-corrected chi connectivity index (χ2v) is 10.0. The Kier molecular flexibility index (Phi) is 5.96.